The van der Waals surface area contributed by atoms with Crippen molar-refractivity contribution in [2.45, 2.75) is 13.5 Å². The third-order valence-electron chi connectivity index (χ3n) is 4.05. The smallest absolute Gasteiger partial charge is 0.257 e. The second-order valence-corrected chi connectivity index (χ2v) is 5.70. The minimum atomic E-state index is 0.0256. The Balaban J connectivity index is 1.59. The molecule has 0 radical (unpaired) electrons. The van der Waals surface area contributed by atoms with E-state index in [-0.39, 0.29) is 5.91 Å². The monoisotopic (exact) mass is 315 g/mol. The Morgan fingerprint density at radius 2 is 2.00 bits per heavy atom. The molecule has 0 aliphatic carbocycles. The summed E-state index contributed by atoms with van der Waals surface area (Å²) in [5.41, 5.74) is 1.51. The number of rotatable bonds is 4. The van der Waals surface area contributed by atoms with Gasteiger partial charge in [0.05, 0.1) is 24.9 Å². The molecule has 0 spiro atoms. The van der Waals surface area contributed by atoms with E-state index in [0.29, 0.717) is 24.4 Å². The number of hydrogen-bond acceptors (Lipinski definition) is 5. The van der Waals surface area contributed by atoms with E-state index in [1.165, 1.54) is 0 Å². The Labute approximate surface area is 135 Å². The average molecular weight is 315 g/mol. The van der Waals surface area contributed by atoms with Crippen LogP contribution in [0.2, 0.25) is 0 Å². The van der Waals surface area contributed by atoms with E-state index in [4.69, 9.17) is 9.26 Å². The van der Waals surface area contributed by atoms with Gasteiger partial charge < -0.3 is 14.2 Å². The Bertz CT molecular complexity index is 675. The van der Waals surface area contributed by atoms with E-state index in [9.17, 15) is 4.79 Å². The Kier molecular flexibility index (Phi) is 4.62. The third-order valence-corrected chi connectivity index (χ3v) is 4.05. The second kappa shape index (κ2) is 6.83. The molecule has 0 N–H and O–H groups in total. The van der Waals surface area contributed by atoms with E-state index >= 15 is 0 Å². The van der Waals surface area contributed by atoms with Crippen molar-refractivity contribution < 1.29 is 14.1 Å². The summed E-state index contributed by atoms with van der Waals surface area (Å²) in [6.07, 6.45) is 0. The predicted molar refractivity (Wildman–Crippen MR) is 85.4 cm³/mol. The number of para-hydroxylation sites is 1. The Morgan fingerprint density at radius 3 is 2.65 bits per heavy atom. The standard InChI is InChI=1S/C17H21N3O3/c1-13-11-14(23-18-13)12-19-7-9-20(10-8-19)17(21)15-5-3-4-6-16(15)22-2/h3-6,11H,7-10,12H2,1-2H3. The molecule has 1 aromatic carbocycles. The maximum atomic E-state index is 12.6. The quantitative estimate of drug-likeness (QED) is 0.863. The van der Waals surface area contributed by atoms with Crippen LogP contribution in [0.25, 0.3) is 0 Å². The SMILES string of the molecule is COc1ccccc1C(=O)N1CCN(Cc2cc(C)no2)CC1. The number of nitrogens with zero attached hydrogens (tertiary/aromatic N) is 3. The molecule has 0 atom stereocenters. The lowest BCUT2D eigenvalue weighted by Crippen LogP contribution is -2.48. The molecule has 1 amide bonds. The summed E-state index contributed by atoms with van der Waals surface area (Å²) in [7, 11) is 1.59. The summed E-state index contributed by atoms with van der Waals surface area (Å²) < 4.78 is 10.5. The van der Waals surface area contributed by atoms with Crippen LogP contribution in [0.3, 0.4) is 0 Å². The molecule has 6 nitrogen and oxygen atoms in total. The van der Waals surface area contributed by atoms with Gasteiger partial charge in [-0.25, -0.2) is 0 Å². The molecule has 1 aliphatic heterocycles. The molecule has 2 heterocycles. The molecule has 6 heteroatoms. The number of aryl methyl sites for hydroxylation is 1. The molecule has 1 saturated heterocycles. The molecule has 1 aliphatic rings. The number of benzene rings is 1. The molecule has 1 fully saturated rings. The summed E-state index contributed by atoms with van der Waals surface area (Å²) in [6, 6.07) is 9.30. The zero-order valence-electron chi connectivity index (χ0n) is 13.5. The molecular formula is C17H21N3O3. The van der Waals surface area contributed by atoms with Crippen LogP contribution in [-0.4, -0.2) is 54.2 Å². The predicted octanol–water partition coefficient (Wildman–Crippen LogP) is 1.95. The van der Waals surface area contributed by atoms with Crippen LogP contribution in [0.15, 0.2) is 34.9 Å². The maximum Gasteiger partial charge on any atom is 0.257 e. The van der Waals surface area contributed by atoms with Crippen LogP contribution < -0.4 is 4.74 Å². The van der Waals surface area contributed by atoms with Gasteiger partial charge >= 0.3 is 0 Å². The van der Waals surface area contributed by atoms with E-state index < -0.39 is 0 Å². The highest BCUT2D eigenvalue weighted by Crippen LogP contribution is 2.20. The Morgan fingerprint density at radius 1 is 1.26 bits per heavy atom. The van der Waals surface area contributed by atoms with Gasteiger partial charge in [0, 0.05) is 32.2 Å². The minimum Gasteiger partial charge on any atom is -0.496 e. The fraction of sp³-hybridized carbons (Fsp3) is 0.412. The summed E-state index contributed by atoms with van der Waals surface area (Å²) in [5, 5.41) is 3.90. The highest BCUT2D eigenvalue weighted by Gasteiger charge is 2.24. The number of amides is 1. The topological polar surface area (TPSA) is 58.8 Å². The van der Waals surface area contributed by atoms with E-state index in [2.05, 4.69) is 10.1 Å². The van der Waals surface area contributed by atoms with Crippen LogP contribution in [0.5, 0.6) is 5.75 Å². The van der Waals surface area contributed by atoms with E-state index in [0.717, 1.165) is 31.1 Å². The highest BCUT2D eigenvalue weighted by atomic mass is 16.5. The van der Waals surface area contributed by atoms with Crippen LogP contribution in [-0.2, 0) is 6.54 Å². The zero-order valence-corrected chi connectivity index (χ0v) is 13.5. The van der Waals surface area contributed by atoms with Gasteiger partial charge in [0.2, 0.25) is 0 Å². The fourth-order valence-corrected chi connectivity index (χ4v) is 2.81. The van der Waals surface area contributed by atoms with E-state index in [1.807, 2.05) is 42.2 Å². The molecule has 3 rings (SSSR count). The van der Waals surface area contributed by atoms with Crippen molar-refractivity contribution in [1.82, 2.24) is 15.0 Å². The van der Waals surface area contributed by atoms with Crippen molar-refractivity contribution in [3.05, 3.63) is 47.3 Å². The molecule has 0 unspecified atom stereocenters. The van der Waals surface area contributed by atoms with Crippen molar-refractivity contribution in [1.29, 1.82) is 0 Å². The van der Waals surface area contributed by atoms with Crippen LogP contribution in [0.1, 0.15) is 21.8 Å². The van der Waals surface area contributed by atoms with Crippen LogP contribution >= 0.6 is 0 Å². The third kappa shape index (κ3) is 3.53. The first-order chi connectivity index (χ1) is 11.2. The van der Waals surface area contributed by atoms with Gasteiger partial charge in [0.25, 0.3) is 5.91 Å². The van der Waals surface area contributed by atoms with Crippen molar-refractivity contribution in [2.24, 2.45) is 0 Å². The second-order valence-electron chi connectivity index (χ2n) is 5.70. The van der Waals surface area contributed by atoms with Gasteiger partial charge in [0.1, 0.15) is 5.75 Å². The number of methoxy groups -OCH3 is 1. The van der Waals surface area contributed by atoms with Gasteiger partial charge in [-0.2, -0.15) is 0 Å². The highest BCUT2D eigenvalue weighted by molar-refractivity contribution is 5.97. The number of carbonyl (C=O) groups is 1. The first kappa shape index (κ1) is 15.6. The largest absolute Gasteiger partial charge is 0.496 e. The van der Waals surface area contributed by atoms with Gasteiger partial charge in [0.15, 0.2) is 5.76 Å². The minimum absolute atomic E-state index is 0.0256. The number of piperazine rings is 1. The lowest BCUT2D eigenvalue weighted by Gasteiger charge is -2.34. The summed E-state index contributed by atoms with van der Waals surface area (Å²) in [4.78, 5) is 16.8. The summed E-state index contributed by atoms with van der Waals surface area (Å²) in [6.45, 7) is 5.68. The van der Waals surface area contributed by atoms with Crippen molar-refractivity contribution in [3.8, 4) is 5.75 Å². The van der Waals surface area contributed by atoms with E-state index in [1.54, 1.807) is 7.11 Å². The molecular weight excluding hydrogens is 294 g/mol. The first-order valence-electron chi connectivity index (χ1n) is 7.74. The van der Waals surface area contributed by atoms with Crippen molar-refractivity contribution in [2.75, 3.05) is 33.3 Å². The zero-order chi connectivity index (χ0) is 16.2. The summed E-state index contributed by atoms with van der Waals surface area (Å²) >= 11 is 0. The number of ether oxygens (including phenoxy) is 1. The van der Waals surface area contributed by atoms with Gasteiger partial charge in [-0.15, -0.1) is 0 Å². The molecule has 2 aromatic rings. The number of carbonyl (C=O) groups excluding carboxylic acids is 1. The molecule has 1 aromatic heterocycles. The normalized spacial score (nSPS) is 15.7. The first-order valence-corrected chi connectivity index (χ1v) is 7.74. The maximum absolute atomic E-state index is 12.6. The van der Waals surface area contributed by atoms with Crippen molar-refractivity contribution in [3.63, 3.8) is 0 Å². The van der Waals surface area contributed by atoms with Crippen LogP contribution in [0.4, 0.5) is 0 Å². The molecule has 0 saturated carbocycles. The molecule has 122 valence electrons. The number of aromatic nitrogens is 1. The lowest BCUT2D eigenvalue weighted by molar-refractivity contribution is 0.0614. The van der Waals surface area contributed by atoms with Gasteiger partial charge in [-0.3, -0.25) is 9.69 Å². The molecule has 23 heavy (non-hydrogen) atoms. The lowest BCUT2D eigenvalue weighted by atomic mass is 10.1. The van der Waals surface area contributed by atoms with Gasteiger partial charge in [-0.05, 0) is 19.1 Å². The average Bonchev–Trinajstić information content (AvgIpc) is 3.00. The Hall–Kier alpha value is -2.34. The van der Waals surface area contributed by atoms with Crippen molar-refractivity contribution >= 4 is 5.91 Å². The fourth-order valence-electron chi connectivity index (χ4n) is 2.81. The van der Waals surface area contributed by atoms with Crippen LogP contribution in [0, 0.1) is 6.92 Å². The number of hydrogen-bond donors (Lipinski definition) is 0. The molecule has 0 bridgehead atoms. The summed E-state index contributed by atoms with van der Waals surface area (Å²) in [5.74, 6) is 1.52. The van der Waals surface area contributed by atoms with Gasteiger partial charge in [-0.1, -0.05) is 17.3 Å².